The van der Waals surface area contributed by atoms with E-state index in [4.69, 9.17) is 4.42 Å². The number of rotatable bonds is 6. The zero-order chi connectivity index (χ0) is 44.1. The molecule has 0 saturated heterocycles. The van der Waals surface area contributed by atoms with E-state index in [-0.39, 0.29) is 0 Å². The molecule has 1 heterocycles. The Morgan fingerprint density at radius 3 is 1.57 bits per heavy atom. The summed E-state index contributed by atoms with van der Waals surface area (Å²) in [7, 11) is 0. The fourth-order valence-electron chi connectivity index (χ4n) is 11.7. The molecule has 0 atom stereocenters. The number of furan rings is 1. The van der Waals surface area contributed by atoms with Crippen molar-refractivity contribution in [2.75, 3.05) is 4.90 Å². The number of hydrogen-bond acceptors (Lipinski definition) is 2. The van der Waals surface area contributed by atoms with Gasteiger partial charge in [0.2, 0.25) is 0 Å². The van der Waals surface area contributed by atoms with Gasteiger partial charge in [-0.1, -0.05) is 212 Å². The largest absolute Gasteiger partial charge is 0.453 e. The van der Waals surface area contributed by atoms with Gasteiger partial charge in [0.05, 0.1) is 16.8 Å². The quantitative estimate of drug-likeness (QED) is 0.166. The molecule has 2 aliphatic rings. The van der Waals surface area contributed by atoms with Crippen LogP contribution >= 0.6 is 0 Å². The molecule has 0 fully saturated rings. The van der Waals surface area contributed by atoms with Crippen LogP contribution in [0.2, 0.25) is 0 Å². The van der Waals surface area contributed by atoms with E-state index in [1.54, 1.807) is 0 Å². The van der Waals surface area contributed by atoms with Gasteiger partial charge in [0.15, 0.2) is 5.58 Å². The standard InChI is InChI=1S/C65H41NO/c1-3-18-44(19-4-1)49-39-40-50(45-20-5-2-6-21-45)64-61(49)54-26-15-32-60(63(54)67-64)66(48-37-35-43(36-38-48)47-34-33-42-17-7-8-22-46(42)41-47)59-31-16-30-58-62(59)53-25-11-14-29-57(53)65(58)55-27-12-9-23-51(55)52-24-10-13-28-56(52)65/h1-41H. The normalized spacial score (nSPS) is 12.9. The van der Waals surface area contributed by atoms with Crippen LogP contribution in [0.5, 0.6) is 0 Å². The predicted octanol–water partition coefficient (Wildman–Crippen LogP) is 17.6. The molecule has 1 spiro atoms. The Kier molecular flexibility index (Phi) is 8.23. The highest BCUT2D eigenvalue weighted by Crippen LogP contribution is 2.65. The maximum absolute atomic E-state index is 7.42. The van der Waals surface area contributed by atoms with E-state index in [1.165, 1.54) is 60.8 Å². The molecule has 0 N–H and O–H groups in total. The van der Waals surface area contributed by atoms with Gasteiger partial charge >= 0.3 is 0 Å². The van der Waals surface area contributed by atoms with E-state index in [9.17, 15) is 0 Å². The molecule has 0 saturated carbocycles. The molecule has 11 aromatic carbocycles. The molecule has 0 bridgehead atoms. The molecule has 1 aromatic heterocycles. The van der Waals surface area contributed by atoms with Crippen LogP contribution in [-0.4, -0.2) is 0 Å². The van der Waals surface area contributed by atoms with Gasteiger partial charge in [0.25, 0.3) is 0 Å². The highest BCUT2D eigenvalue weighted by Gasteiger charge is 2.52. The highest BCUT2D eigenvalue weighted by molar-refractivity contribution is 6.19. The second-order valence-electron chi connectivity index (χ2n) is 17.9. The molecular formula is C65H41NO. The van der Waals surface area contributed by atoms with Crippen LogP contribution in [0.3, 0.4) is 0 Å². The second kappa shape index (κ2) is 14.7. The van der Waals surface area contributed by atoms with Crippen LogP contribution in [-0.2, 0) is 5.41 Å². The zero-order valence-electron chi connectivity index (χ0n) is 36.5. The van der Waals surface area contributed by atoms with Crippen molar-refractivity contribution in [3.8, 4) is 55.6 Å². The molecule has 67 heavy (non-hydrogen) atoms. The van der Waals surface area contributed by atoms with Gasteiger partial charge in [0.1, 0.15) is 5.58 Å². The molecule has 312 valence electrons. The Morgan fingerprint density at radius 1 is 0.313 bits per heavy atom. The topological polar surface area (TPSA) is 16.4 Å². The average molecular weight is 852 g/mol. The molecule has 12 aromatic rings. The Bertz CT molecular complexity index is 3870. The van der Waals surface area contributed by atoms with E-state index >= 15 is 0 Å². The van der Waals surface area contributed by atoms with Crippen molar-refractivity contribution in [1.29, 1.82) is 0 Å². The predicted molar refractivity (Wildman–Crippen MR) is 279 cm³/mol. The van der Waals surface area contributed by atoms with Crippen LogP contribution in [0.15, 0.2) is 253 Å². The van der Waals surface area contributed by atoms with Crippen molar-refractivity contribution in [2.24, 2.45) is 0 Å². The Morgan fingerprint density at radius 2 is 0.851 bits per heavy atom. The van der Waals surface area contributed by atoms with Crippen molar-refractivity contribution < 1.29 is 4.42 Å². The number of fused-ring (bicyclic) bond motifs is 14. The van der Waals surface area contributed by atoms with Crippen molar-refractivity contribution >= 4 is 49.8 Å². The van der Waals surface area contributed by atoms with Crippen LogP contribution in [0, 0.1) is 0 Å². The third-order valence-electron chi connectivity index (χ3n) is 14.5. The molecule has 0 unspecified atom stereocenters. The first-order valence-corrected chi connectivity index (χ1v) is 23.2. The molecule has 14 rings (SSSR count). The van der Waals surface area contributed by atoms with Gasteiger partial charge in [-0.15, -0.1) is 0 Å². The molecule has 0 aliphatic heterocycles. The summed E-state index contributed by atoms with van der Waals surface area (Å²) in [5, 5.41) is 4.65. The van der Waals surface area contributed by atoms with E-state index in [0.29, 0.717) is 0 Å². The van der Waals surface area contributed by atoms with E-state index in [1.807, 2.05) is 0 Å². The average Bonchev–Trinajstić information content (AvgIpc) is 4.05. The molecule has 0 amide bonds. The number of hydrogen-bond donors (Lipinski definition) is 0. The van der Waals surface area contributed by atoms with Gasteiger partial charge in [-0.2, -0.15) is 0 Å². The lowest BCUT2D eigenvalue weighted by molar-refractivity contribution is 0.670. The summed E-state index contributed by atoms with van der Waals surface area (Å²) < 4.78 is 7.42. The lowest BCUT2D eigenvalue weighted by Crippen LogP contribution is -2.26. The highest BCUT2D eigenvalue weighted by atomic mass is 16.3. The van der Waals surface area contributed by atoms with Crippen LogP contribution in [0.4, 0.5) is 17.1 Å². The minimum Gasteiger partial charge on any atom is -0.453 e. The van der Waals surface area contributed by atoms with Crippen molar-refractivity contribution in [2.45, 2.75) is 5.41 Å². The second-order valence-corrected chi connectivity index (χ2v) is 17.9. The summed E-state index contributed by atoms with van der Waals surface area (Å²) in [4.78, 5) is 2.46. The van der Waals surface area contributed by atoms with Gasteiger partial charge < -0.3 is 9.32 Å². The fraction of sp³-hybridized carbons (Fsp3) is 0.0154. The van der Waals surface area contributed by atoms with Crippen molar-refractivity contribution in [3.63, 3.8) is 0 Å². The summed E-state index contributed by atoms with van der Waals surface area (Å²) in [6.45, 7) is 0. The first kappa shape index (κ1) is 37.6. The van der Waals surface area contributed by atoms with E-state index in [2.05, 4.69) is 254 Å². The third-order valence-corrected chi connectivity index (χ3v) is 14.5. The summed E-state index contributed by atoms with van der Waals surface area (Å²) in [6, 6.07) is 91.0. The monoisotopic (exact) mass is 851 g/mol. The van der Waals surface area contributed by atoms with E-state index in [0.717, 1.165) is 66.8 Å². The molecular weight excluding hydrogens is 811 g/mol. The van der Waals surface area contributed by atoms with Crippen LogP contribution in [0.25, 0.3) is 88.3 Å². The Balaban J connectivity index is 1.06. The van der Waals surface area contributed by atoms with E-state index < -0.39 is 5.41 Å². The number of anilines is 3. The van der Waals surface area contributed by atoms with Gasteiger partial charge in [-0.25, -0.2) is 0 Å². The minimum absolute atomic E-state index is 0.485. The number of para-hydroxylation sites is 1. The fourth-order valence-corrected chi connectivity index (χ4v) is 11.7. The van der Waals surface area contributed by atoms with Gasteiger partial charge in [-0.3, -0.25) is 0 Å². The number of benzene rings is 11. The van der Waals surface area contributed by atoms with Crippen LogP contribution < -0.4 is 4.90 Å². The summed E-state index contributed by atoms with van der Waals surface area (Å²) in [5.74, 6) is 0. The van der Waals surface area contributed by atoms with Gasteiger partial charge in [-0.05, 0) is 114 Å². The smallest absolute Gasteiger partial charge is 0.159 e. The third kappa shape index (κ3) is 5.45. The lowest BCUT2D eigenvalue weighted by atomic mass is 9.70. The maximum atomic E-state index is 7.42. The first-order valence-electron chi connectivity index (χ1n) is 23.2. The number of nitrogens with zero attached hydrogens (tertiary/aromatic N) is 1. The Labute approximate surface area is 389 Å². The molecule has 0 radical (unpaired) electrons. The summed E-state index contributed by atoms with van der Waals surface area (Å²) in [5.41, 5.74) is 21.5. The van der Waals surface area contributed by atoms with Crippen molar-refractivity contribution in [3.05, 3.63) is 271 Å². The summed E-state index contributed by atoms with van der Waals surface area (Å²) in [6.07, 6.45) is 0. The SMILES string of the molecule is c1ccc(-c2ccc(-c3ccccc3)c3c2oc2c(N(c4ccc(-c5ccc6ccccc6c5)cc4)c4cccc5c4-c4ccccc4C54c5ccccc5-c5ccccc54)cccc23)cc1. The molecule has 2 aliphatic carbocycles. The zero-order valence-corrected chi connectivity index (χ0v) is 36.5. The lowest BCUT2D eigenvalue weighted by Gasteiger charge is -2.31. The first-order chi connectivity index (χ1) is 33.3. The summed E-state index contributed by atoms with van der Waals surface area (Å²) >= 11 is 0. The van der Waals surface area contributed by atoms with Crippen LogP contribution in [0.1, 0.15) is 22.3 Å². The molecule has 2 nitrogen and oxygen atoms in total. The minimum atomic E-state index is -0.485. The van der Waals surface area contributed by atoms with Gasteiger partial charge in [0, 0.05) is 27.6 Å². The maximum Gasteiger partial charge on any atom is 0.159 e. The Hall–Kier alpha value is -8.72. The van der Waals surface area contributed by atoms with Crippen molar-refractivity contribution in [1.82, 2.24) is 0 Å². The molecule has 2 heteroatoms.